The van der Waals surface area contributed by atoms with Gasteiger partial charge in [-0.15, -0.1) is 0 Å². The molecule has 0 saturated carbocycles. The number of hydrogen-bond acceptors (Lipinski definition) is 5. The highest BCUT2D eigenvalue weighted by atomic mass is 19.1. The predicted octanol–water partition coefficient (Wildman–Crippen LogP) is 1.49. The molecule has 1 atom stereocenters. The van der Waals surface area contributed by atoms with Crippen LogP contribution in [0.1, 0.15) is 34.3 Å². The number of benzene rings is 2. The number of imide groups is 1. The van der Waals surface area contributed by atoms with Crippen LogP contribution in [-0.4, -0.2) is 33.5 Å². The smallest absolute Gasteiger partial charge is 0.279 e. The molecule has 3 amide bonds. The summed E-state index contributed by atoms with van der Waals surface area (Å²) in [4.78, 5) is 37.4. The second-order valence-corrected chi connectivity index (χ2v) is 6.75. The highest BCUT2D eigenvalue weighted by Crippen LogP contribution is 2.37. The fourth-order valence-corrected chi connectivity index (χ4v) is 3.46. The van der Waals surface area contributed by atoms with Crippen LogP contribution in [0.25, 0.3) is 0 Å². The summed E-state index contributed by atoms with van der Waals surface area (Å²) in [6.45, 7) is -0.0870. The fourth-order valence-electron chi connectivity index (χ4n) is 3.46. The molecule has 2 aliphatic rings. The molecular weight excluding hydrogens is 367 g/mol. The van der Waals surface area contributed by atoms with E-state index < -0.39 is 29.3 Å². The van der Waals surface area contributed by atoms with Gasteiger partial charge in [-0.25, -0.2) is 4.39 Å². The minimum absolute atomic E-state index is 0.0312. The zero-order valence-corrected chi connectivity index (χ0v) is 14.8. The van der Waals surface area contributed by atoms with Crippen molar-refractivity contribution in [1.29, 1.82) is 0 Å². The maximum atomic E-state index is 13.8. The van der Waals surface area contributed by atoms with Gasteiger partial charge in [0.1, 0.15) is 18.2 Å². The standard InChI is InChI=1S/C20H17FN2O5/c21-15-6-2-1-4-12(15)11-28-16-7-3-5-13-14(16)10-23(18(13)25)20(27)9-8-17(24)22-19(20)26/h1-7,27H,8-11H2,(H,22,24,26). The van der Waals surface area contributed by atoms with Gasteiger partial charge in [-0.2, -0.15) is 0 Å². The van der Waals surface area contributed by atoms with Crippen LogP contribution in [0.15, 0.2) is 42.5 Å². The van der Waals surface area contributed by atoms with E-state index in [9.17, 15) is 23.9 Å². The van der Waals surface area contributed by atoms with Gasteiger partial charge < -0.3 is 9.84 Å². The van der Waals surface area contributed by atoms with Gasteiger partial charge in [-0.05, 0) is 18.2 Å². The van der Waals surface area contributed by atoms with E-state index in [0.717, 1.165) is 4.90 Å². The molecule has 0 bridgehead atoms. The minimum atomic E-state index is -2.10. The molecule has 28 heavy (non-hydrogen) atoms. The normalized spacial score (nSPS) is 21.5. The summed E-state index contributed by atoms with van der Waals surface area (Å²) in [6.07, 6.45) is -0.248. The Morgan fingerprint density at radius 1 is 1.14 bits per heavy atom. The van der Waals surface area contributed by atoms with E-state index in [-0.39, 0.29) is 26.0 Å². The predicted molar refractivity (Wildman–Crippen MR) is 94.4 cm³/mol. The Kier molecular flexibility index (Phi) is 4.35. The van der Waals surface area contributed by atoms with Crippen molar-refractivity contribution >= 4 is 17.7 Å². The van der Waals surface area contributed by atoms with Gasteiger partial charge in [0.15, 0.2) is 0 Å². The third-order valence-corrected chi connectivity index (χ3v) is 5.03. The van der Waals surface area contributed by atoms with Crippen LogP contribution in [0.2, 0.25) is 0 Å². The molecule has 0 aliphatic carbocycles. The molecule has 0 radical (unpaired) electrons. The highest BCUT2D eigenvalue weighted by molar-refractivity contribution is 6.06. The zero-order chi connectivity index (χ0) is 19.9. The van der Waals surface area contributed by atoms with Crippen molar-refractivity contribution in [1.82, 2.24) is 10.2 Å². The van der Waals surface area contributed by atoms with Crippen LogP contribution < -0.4 is 10.1 Å². The third-order valence-electron chi connectivity index (χ3n) is 5.03. The van der Waals surface area contributed by atoms with E-state index in [1.165, 1.54) is 6.07 Å². The van der Waals surface area contributed by atoms with Crippen LogP contribution in [0.4, 0.5) is 4.39 Å². The number of carbonyl (C=O) groups excluding carboxylic acids is 3. The van der Waals surface area contributed by atoms with Gasteiger partial charge in [-0.1, -0.05) is 24.3 Å². The molecule has 1 unspecified atom stereocenters. The molecular formula is C20H17FN2O5. The molecule has 0 aromatic heterocycles. The summed E-state index contributed by atoms with van der Waals surface area (Å²) in [5.74, 6) is -1.97. The molecule has 2 heterocycles. The Balaban J connectivity index is 1.59. The molecule has 1 fully saturated rings. The van der Waals surface area contributed by atoms with Crippen molar-refractivity contribution in [3.63, 3.8) is 0 Å². The van der Waals surface area contributed by atoms with Crippen LogP contribution in [-0.2, 0) is 22.7 Å². The number of nitrogens with zero attached hydrogens (tertiary/aromatic N) is 1. The molecule has 144 valence electrons. The number of aliphatic hydroxyl groups is 1. The van der Waals surface area contributed by atoms with Gasteiger partial charge in [0.05, 0.1) is 6.54 Å². The third kappa shape index (κ3) is 2.91. The molecule has 8 heteroatoms. The maximum absolute atomic E-state index is 13.8. The summed E-state index contributed by atoms with van der Waals surface area (Å²) < 4.78 is 19.5. The van der Waals surface area contributed by atoms with Gasteiger partial charge in [-0.3, -0.25) is 24.6 Å². The molecule has 0 spiro atoms. The lowest BCUT2D eigenvalue weighted by Crippen LogP contribution is -2.63. The van der Waals surface area contributed by atoms with E-state index in [2.05, 4.69) is 5.32 Å². The van der Waals surface area contributed by atoms with Crippen LogP contribution >= 0.6 is 0 Å². The SMILES string of the molecule is O=C1CCC(O)(N2Cc3c(OCc4ccccc4F)cccc3C2=O)C(=O)N1. The quantitative estimate of drug-likeness (QED) is 0.779. The zero-order valence-electron chi connectivity index (χ0n) is 14.8. The van der Waals surface area contributed by atoms with E-state index in [4.69, 9.17) is 4.74 Å². The number of rotatable bonds is 4. The molecule has 7 nitrogen and oxygen atoms in total. The molecule has 4 rings (SSSR count). The molecule has 2 aromatic carbocycles. The van der Waals surface area contributed by atoms with E-state index in [1.807, 2.05) is 0 Å². The van der Waals surface area contributed by atoms with Crippen molar-refractivity contribution in [2.45, 2.75) is 31.7 Å². The average molecular weight is 384 g/mol. The van der Waals surface area contributed by atoms with Crippen LogP contribution in [0.3, 0.4) is 0 Å². The monoisotopic (exact) mass is 384 g/mol. The molecule has 2 aliphatic heterocycles. The number of halogens is 1. The lowest BCUT2D eigenvalue weighted by Gasteiger charge is -2.37. The van der Waals surface area contributed by atoms with Gasteiger partial charge >= 0.3 is 0 Å². The molecule has 2 N–H and O–H groups in total. The van der Waals surface area contributed by atoms with Crippen LogP contribution in [0.5, 0.6) is 5.75 Å². The van der Waals surface area contributed by atoms with Crippen molar-refractivity contribution in [3.05, 3.63) is 65.0 Å². The summed E-state index contributed by atoms with van der Waals surface area (Å²) in [5.41, 5.74) is -0.941. The van der Waals surface area contributed by atoms with Gasteiger partial charge in [0.2, 0.25) is 11.6 Å². The van der Waals surface area contributed by atoms with Gasteiger partial charge in [0, 0.05) is 29.5 Å². The Hall–Kier alpha value is -3.26. The maximum Gasteiger partial charge on any atom is 0.279 e. The topological polar surface area (TPSA) is 95.9 Å². The Labute approximate surface area is 159 Å². The summed E-state index contributed by atoms with van der Waals surface area (Å²) in [5, 5.41) is 12.9. The number of carbonyl (C=O) groups is 3. The first-order valence-electron chi connectivity index (χ1n) is 8.77. The van der Waals surface area contributed by atoms with Crippen molar-refractivity contribution in [3.8, 4) is 5.75 Å². The second kappa shape index (κ2) is 6.72. The van der Waals surface area contributed by atoms with Gasteiger partial charge in [0.25, 0.3) is 11.8 Å². The van der Waals surface area contributed by atoms with E-state index in [1.54, 1.807) is 36.4 Å². The first kappa shape index (κ1) is 18.1. The Morgan fingerprint density at radius 2 is 1.93 bits per heavy atom. The van der Waals surface area contributed by atoms with Crippen molar-refractivity contribution in [2.75, 3.05) is 0 Å². The van der Waals surface area contributed by atoms with Crippen LogP contribution in [0, 0.1) is 5.82 Å². The average Bonchev–Trinajstić information content (AvgIpc) is 3.03. The van der Waals surface area contributed by atoms with E-state index >= 15 is 0 Å². The minimum Gasteiger partial charge on any atom is -0.488 e. The Bertz CT molecular complexity index is 992. The summed E-state index contributed by atoms with van der Waals surface area (Å²) in [7, 11) is 0. The lowest BCUT2D eigenvalue weighted by molar-refractivity contribution is -0.168. The number of ether oxygens (including phenoxy) is 1. The molecule has 1 saturated heterocycles. The summed E-state index contributed by atoms with van der Waals surface area (Å²) >= 11 is 0. The number of piperidine rings is 1. The Morgan fingerprint density at radius 3 is 2.68 bits per heavy atom. The number of hydrogen-bond donors (Lipinski definition) is 2. The first-order chi connectivity index (χ1) is 13.4. The molecule has 2 aromatic rings. The number of nitrogens with one attached hydrogen (secondary N) is 1. The number of amides is 3. The number of fused-ring (bicyclic) bond motifs is 1. The second-order valence-electron chi connectivity index (χ2n) is 6.75. The first-order valence-corrected chi connectivity index (χ1v) is 8.77. The highest BCUT2D eigenvalue weighted by Gasteiger charge is 2.51. The van der Waals surface area contributed by atoms with Crippen molar-refractivity contribution in [2.24, 2.45) is 0 Å². The van der Waals surface area contributed by atoms with Crippen molar-refractivity contribution < 1.29 is 28.6 Å². The largest absolute Gasteiger partial charge is 0.488 e. The summed E-state index contributed by atoms with van der Waals surface area (Å²) in [6, 6.07) is 11.0. The van der Waals surface area contributed by atoms with E-state index in [0.29, 0.717) is 22.4 Å². The fraction of sp³-hybridized carbons (Fsp3) is 0.250. The lowest BCUT2D eigenvalue weighted by atomic mass is 10.00.